The predicted octanol–water partition coefficient (Wildman–Crippen LogP) is 1.42. The molecule has 2 heterocycles. The molecule has 16 heavy (non-hydrogen) atoms. The highest BCUT2D eigenvalue weighted by molar-refractivity contribution is 5.25. The molecule has 2 rings (SSSR count). The number of nitrogens with one attached hydrogen (secondary N) is 1. The second kappa shape index (κ2) is 5.05. The standard InChI is InChI=1S/C11H14FN3O/c12-9-7-14-5-4-8(9)11(15-13)10-3-1-2-6-16-10/h3-5,7,11,15H,1-2,6,13H2. The zero-order valence-electron chi connectivity index (χ0n) is 8.82. The van der Waals surface area contributed by atoms with Crippen molar-refractivity contribution in [2.45, 2.75) is 18.9 Å². The zero-order chi connectivity index (χ0) is 11.4. The Morgan fingerprint density at radius 1 is 1.56 bits per heavy atom. The molecule has 86 valence electrons. The summed E-state index contributed by atoms with van der Waals surface area (Å²) in [6, 6.07) is 1.15. The van der Waals surface area contributed by atoms with Crippen LogP contribution >= 0.6 is 0 Å². The van der Waals surface area contributed by atoms with Crippen molar-refractivity contribution in [2.75, 3.05) is 6.61 Å². The van der Waals surface area contributed by atoms with Crippen LogP contribution in [0.25, 0.3) is 0 Å². The lowest BCUT2D eigenvalue weighted by molar-refractivity contribution is 0.167. The molecule has 0 fully saturated rings. The minimum atomic E-state index is -0.441. The largest absolute Gasteiger partial charge is 0.496 e. The Morgan fingerprint density at radius 3 is 3.06 bits per heavy atom. The summed E-state index contributed by atoms with van der Waals surface area (Å²) in [7, 11) is 0. The number of aromatic nitrogens is 1. The molecule has 0 aromatic carbocycles. The van der Waals surface area contributed by atoms with E-state index in [0.717, 1.165) is 12.8 Å². The van der Waals surface area contributed by atoms with Crippen molar-refractivity contribution < 1.29 is 9.13 Å². The summed E-state index contributed by atoms with van der Waals surface area (Å²) in [5.41, 5.74) is 3.02. The van der Waals surface area contributed by atoms with Gasteiger partial charge >= 0.3 is 0 Å². The van der Waals surface area contributed by atoms with E-state index in [1.54, 1.807) is 6.07 Å². The van der Waals surface area contributed by atoms with E-state index in [-0.39, 0.29) is 5.82 Å². The van der Waals surface area contributed by atoms with Gasteiger partial charge in [-0.25, -0.2) is 9.82 Å². The fourth-order valence-electron chi connectivity index (χ4n) is 1.72. The number of halogens is 1. The van der Waals surface area contributed by atoms with Crippen molar-refractivity contribution in [3.05, 3.63) is 41.7 Å². The van der Waals surface area contributed by atoms with Crippen LogP contribution in [-0.4, -0.2) is 11.6 Å². The minimum absolute atomic E-state index is 0.388. The lowest BCUT2D eigenvalue weighted by Crippen LogP contribution is -2.31. The number of nitrogens with two attached hydrogens (primary N) is 1. The van der Waals surface area contributed by atoms with Gasteiger partial charge in [0, 0.05) is 11.8 Å². The summed E-state index contributed by atoms with van der Waals surface area (Å²) < 4.78 is 19.0. The average molecular weight is 223 g/mol. The van der Waals surface area contributed by atoms with Crippen LogP contribution in [0.15, 0.2) is 30.3 Å². The maximum Gasteiger partial charge on any atom is 0.146 e. The van der Waals surface area contributed by atoms with Crippen molar-refractivity contribution in [1.82, 2.24) is 10.4 Å². The van der Waals surface area contributed by atoms with Crippen LogP contribution < -0.4 is 11.3 Å². The van der Waals surface area contributed by atoms with Crippen molar-refractivity contribution in [2.24, 2.45) is 5.84 Å². The molecule has 0 saturated heterocycles. The lowest BCUT2D eigenvalue weighted by Gasteiger charge is -2.23. The van der Waals surface area contributed by atoms with E-state index in [1.165, 1.54) is 12.4 Å². The number of pyridine rings is 1. The summed E-state index contributed by atoms with van der Waals surface area (Å²) in [5.74, 6) is 5.74. The first-order chi connectivity index (χ1) is 7.83. The van der Waals surface area contributed by atoms with Gasteiger partial charge in [-0.1, -0.05) is 0 Å². The summed E-state index contributed by atoms with van der Waals surface area (Å²) in [5, 5.41) is 0. The molecule has 5 heteroatoms. The first kappa shape index (κ1) is 11.0. The summed E-state index contributed by atoms with van der Waals surface area (Å²) >= 11 is 0. The van der Waals surface area contributed by atoms with E-state index in [2.05, 4.69) is 10.4 Å². The molecule has 1 aromatic rings. The van der Waals surface area contributed by atoms with E-state index in [1.807, 2.05) is 6.08 Å². The second-order valence-corrected chi connectivity index (χ2v) is 3.59. The van der Waals surface area contributed by atoms with Gasteiger partial charge in [0.1, 0.15) is 17.6 Å². The molecule has 0 spiro atoms. The van der Waals surface area contributed by atoms with Crippen molar-refractivity contribution >= 4 is 0 Å². The van der Waals surface area contributed by atoms with E-state index >= 15 is 0 Å². The lowest BCUT2D eigenvalue weighted by atomic mass is 10.0. The van der Waals surface area contributed by atoms with Crippen LogP contribution in [0.1, 0.15) is 24.4 Å². The Labute approximate surface area is 93.3 Å². The minimum Gasteiger partial charge on any atom is -0.496 e. The zero-order valence-corrected chi connectivity index (χ0v) is 8.82. The van der Waals surface area contributed by atoms with Gasteiger partial charge in [-0.2, -0.15) is 0 Å². The van der Waals surface area contributed by atoms with E-state index in [9.17, 15) is 4.39 Å². The van der Waals surface area contributed by atoms with E-state index in [0.29, 0.717) is 17.9 Å². The molecule has 0 bridgehead atoms. The van der Waals surface area contributed by atoms with E-state index in [4.69, 9.17) is 10.6 Å². The van der Waals surface area contributed by atoms with Crippen LogP contribution in [0.2, 0.25) is 0 Å². The number of hydrogen-bond acceptors (Lipinski definition) is 4. The highest BCUT2D eigenvalue weighted by Gasteiger charge is 2.21. The molecule has 4 nitrogen and oxygen atoms in total. The molecule has 1 aromatic heterocycles. The summed E-state index contributed by atoms with van der Waals surface area (Å²) in [6.07, 6.45) is 6.56. The second-order valence-electron chi connectivity index (χ2n) is 3.59. The average Bonchev–Trinajstić information content (AvgIpc) is 2.34. The fourth-order valence-corrected chi connectivity index (χ4v) is 1.72. The number of hydrogen-bond donors (Lipinski definition) is 2. The third-order valence-corrected chi connectivity index (χ3v) is 2.53. The van der Waals surface area contributed by atoms with Crippen LogP contribution in [0.3, 0.4) is 0 Å². The number of ether oxygens (including phenoxy) is 1. The van der Waals surface area contributed by atoms with Crippen LogP contribution in [-0.2, 0) is 4.74 Å². The molecule has 1 aliphatic rings. The highest BCUT2D eigenvalue weighted by atomic mass is 19.1. The van der Waals surface area contributed by atoms with E-state index < -0.39 is 6.04 Å². The number of nitrogens with zero attached hydrogens (tertiary/aromatic N) is 1. The van der Waals surface area contributed by atoms with Gasteiger partial charge in [0.2, 0.25) is 0 Å². The van der Waals surface area contributed by atoms with Gasteiger partial charge in [-0.3, -0.25) is 10.8 Å². The Hall–Kier alpha value is -1.46. The maximum atomic E-state index is 13.5. The van der Waals surface area contributed by atoms with Crippen molar-refractivity contribution in [3.8, 4) is 0 Å². The van der Waals surface area contributed by atoms with Gasteiger partial charge in [0.15, 0.2) is 0 Å². The first-order valence-corrected chi connectivity index (χ1v) is 5.21. The molecule has 0 aliphatic carbocycles. The molecule has 0 radical (unpaired) electrons. The SMILES string of the molecule is NNC(C1=CCCCO1)c1ccncc1F. The van der Waals surface area contributed by atoms with Crippen LogP contribution in [0, 0.1) is 5.82 Å². The first-order valence-electron chi connectivity index (χ1n) is 5.21. The molecular formula is C11H14FN3O. The molecule has 1 aliphatic heterocycles. The summed E-state index contributed by atoms with van der Waals surface area (Å²) in [4.78, 5) is 3.70. The Bertz CT molecular complexity index is 395. The molecule has 0 amide bonds. The Morgan fingerprint density at radius 2 is 2.44 bits per heavy atom. The number of rotatable bonds is 3. The molecular weight excluding hydrogens is 209 g/mol. The number of allylic oxidation sites excluding steroid dienone is 1. The Balaban J connectivity index is 2.28. The molecule has 1 unspecified atom stereocenters. The quantitative estimate of drug-likeness (QED) is 0.601. The third-order valence-electron chi connectivity index (χ3n) is 2.53. The van der Waals surface area contributed by atoms with Crippen LogP contribution in [0.4, 0.5) is 4.39 Å². The van der Waals surface area contributed by atoms with Crippen molar-refractivity contribution in [1.29, 1.82) is 0 Å². The fraction of sp³-hybridized carbons (Fsp3) is 0.364. The third kappa shape index (κ3) is 2.20. The number of hydrazine groups is 1. The Kier molecular flexibility index (Phi) is 3.48. The molecule has 0 saturated carbocycles. The molecule has 1 atom stereocenters. The maximum absolute atomic E-state index is 13.5. The normalized spacial score (nSPS) is 17.5. The van der Waals surface area contributed by atoms with Crippen LogP contribution in [0.5, 0.6) is 0 Å². The molecule has 3 N–H and O–H groups in total. The monoisotopic (exact) mass is 223 g/mol. The van der Waals surface area contributed by atoms with Crippen molar-refractivity contribution in [3.63, 3.8) is 0 Å². The topological polar surface area (TPSA) is 60.2 Å². The van der Waals surface area contributed by atoms with Gasteiger partial charge in [0.05, 0.1) is 12.8 Å². The summed E-state index contributed by atoms with van der Waals surface area (Å²) in [6.45, 7) is 0.650. The highest BCUT2D eigenvalue weighted by Crippen LogP contribution is 2.26. The van der Waals surface area contributed by atoms with Gasteiger partial charge in [-0.05, 0) is 25.0 Å². The van der Waals surface area contributed by atoms with Gasteiger partial charge < -0.3 is 4.74 Å². The van der Waals surface area contributed by atoms with Gasteiger partial charge in [-0.15, -0.1) is 0 Å². The van der Waals surface area contributed by atoms with Gasteiger partial charge in [0.25, 0.3) is 0 Å². The smallest absolute Gasteiger partial charge is 0.146 e. The predicted molar refractivity (Wildman–Crippen MR) is 57.5 cm³/mol.